The summed E-state index contributed by atoms with van der Waals surface area (Å²) in [6, 6.07) is 2.20. The number of methoxy groups -OCH3 is 2. The maximum absolute atomic E-state index is 14.5. The Morgan fingerprint density at radius 1 is 1.25 bits per heavy atom. The number of hydrogen-bond donors (Lipinski definition) is 1. The Kier molecular flexibility index (Phi) is 7.85. The minimum atomic E-state index is -1.12. The molecule has 0 aliphatic carbocycles. The van der Waals surface area contributed by atoms with Crippen LogP contribution in [0.4, 0.5) is 8.78 Å². The summed E-state index contributed by atoms with van der Waals surface area (Å²) < 4.78 is 44.2. The Labute approximate surface area is 168 Å². The standard InChI is InChI=1S/C19H24F2N2O4S/c1-11(10-26-4)23-12(2)15(18(24)27-9-8-25-3)17(22-19(23)28)16-13(20)6-5-7-14(16)21/h5-7,11,17H,8-10H2,1-4H3,(H,22,28)/t11-,17+/m1/s1. The zero-order valence-corrected chi connectivity index (χ0v) is 17.1. The number of thiocarbonyl (C=S) groups is 1. The number of rotatable bonds is 8. The molecule has 0 spiro atoms. The Morgan fingerprint density at radius 3 is 2.46 bits per heavy atom. The molecule has 1 heterocycles. The van der Waals surface area contributed by atoms with Gasteiger partial charge in [-0.25, -0.2) is 13.6 Å². The van der Waals surface area contributed by atoms with Crippen LogP contribution in [-0.2, 0) is 19.0 Å². The van der Waals surface area contributed by atoms with E-state index in [1.54, 1.807) is 18.9 Å². The number of carbonyl (C=O) groups is 1. The van der Waals surface area contributed by atoms with E-state index in [4.69, 9.17) is 26.4 Å². The monoisotopic (exact) mass is 414 g/mol. The van der Waals surface area contributed by atoms with Gasteiger partial charge < -0.3 is 24.4 Å². The maximum Gasteiger partial charge on any atom is 0.338 e. The van der Waals surface area contributed by atoms with Gasteiger partial charge in [0, 0.05) is 19.9 Å². The van der Waals surface area contributed by atoms with E-state index in [9.17, 15) is 13.6 Å². The second-order valence-electron chi connectivity index (χ2n) is 6.32. The number of nitrogens with zero attached hydrogens (tertiary/aromatic N) is 1. The van der Waals surface area contributed by atoms with E-state index in [1.165, 1.54) is 13.2 Å². The fraction of sp³-hybridized carbons (Fsp3) is 0.474. The van der Waals surface area contributed by atoms with Gasteiger partial charge >= 0.3 is 5.97 Å². The first kappa shape index (κ1) is 22.2. The largest absolute Gasteiger partial charge is 0.460 e. The van der Waals surface area contributed by atoms with Crippen LogP contribution in [0.1, 0.15) is 25.5 Å². The van der Waals surface area contributed by atoms with Crippen LogP contribution in [0.25, 0.3) is 0 Å². The molecule has 0 fully saturated rings. The van der Waals surface area contributed by atoms with Gasteiger partial charge in [-0.15, -0.1) is 0 Å². The summed E-state index contributed by atoms with van der Waals surface area (Å²) in [7, 11) is 3.03. The zero-order valence-electron chi connectivity index (χ0n) is 16.3. The Balaban J connectivity index is 2.54. The molecule has 2 rings (SSSR count). The van der Waals surface area contributed by atoms with Crippen LogP contribution in [0.3, 0.4) is 0 Å². The van der Waals surface area contributed by atoms with Crippen LogP contribution in [-0.4, -0.2) is 56.1 Å². The Hall–Kier alpha value is -2.10. The lowest BCUT2D eigenvalue weighted by Gasteiger charge is -2.40. The van der Waals surface area contributed by atoms with Gasteiger partial charge in [-0.3, -0.25) is 0 Å². The highest BCUT2D eigenvalue weighted by molar-refractivity contribution is 7.80. The number of benzene rings is 1. The van der Waals surface area contributed by atoms with E-state index < -0.39 is 23.6 Å². The second-order valence-corrected chi connectivity index (χ2v) is 6.71. The van der Waals surface area contributed by atoms with Gasteiger partial charge in [0.15, 0.2) is 5.11 Å². The second kappa shape index (κ2) is 9.90. The van der Waals surface area contributed by atoms with Crippen molar-refractivity contribution in [2.24, 2.45) is 0 Å². The molecule has 9 heteroatoms. The molecule has 1 aromatic rings. The van der Waals surface area contributed by atoms with Crippen LogP contribution < -0.4 is 5.32 Å². The zero-order chi connectivity index (χ0) is 20.8. The Bertz CT molecular complexity index is 752. The molecule has 1 aromatic carbocycles. The number of ether oxygens (including phenoxy) is 3. The Morgan fingerprint density at radius 2 is 1.89 bits per heavy atom. The quantitative estimate of drug-likeness (QED) is 0.399. The van der Waals surface area contributed by atoms with Crippen molar-refractivity contribution in [3.05, 3.63) is 46.7 Å². The highest BCUT2D eigenvalue weighted by Crippen LogP contribution is 2.34. The summed E-state index contributed by atoms with van der Waals surface area (Å²) in [6.07, 6.45) is 0. The van der Waals surface area contributed by atoms with Gasteiger partial charge in [-0.1, -0.05) is 6.07 Å². The highest BCUT2D eigenvalue weighted by Gasteiger charge is 2.38. The molecule has 0 unspecified atom stereocenters. The van der Waals surface area contributed by atoms with Crippen molar-refractivity contribution in [3.63, 3.8) is 0 Å². The van der Waals surface area contributed by atoms with E-state index in [2.05, 4.69) is 5.32 Å². The molecule has 0 aromatic heterocycles. The predicted octanol–water partition coefficient (Wildman–Crippen LogP) is 2.69. The van der Waals surface area contributed by atoms with E-state index in [-0.39, 0.29) is 35.5 Å². The number of allylic oxidation sites excluding steroid dienone is 1. The molecule has 0 radical (unpaired) electrons. The summed E-state index contributed by atoms with van der Waals surface area (Å²) >= 11 is 5.41. The first-order valence-electron chi connectivity index (χ1n) is 8.72. The summed E-state index contributed by atoms with van der Waals surface area (Å²) in [4.78, 5) is 14.5. The van der Waals surface area contributed by atoms with Gasteiger partial charge in [0.2, 0.25) is 0 Å². The topological polar surface area (TPSA) is 60.0 Å². The van der Waals surface area contributed by atoms with Gasteiger partial charge in [0.25, 0.3) is 0 Å². The predicted molar refractivity (Wildman–Crippen MR) is 104 cm³/mol. The molecular weight excluding hydrogens is 390 g/mol. The molecule has 6 nitrogen and oxygen atoms in total. The maximum atomic E-state index is 14.5. The molecule has 28 heavy (non-hydrogen) atoms. The van der Waals surface area contributed by atoms with Crippen LogP contribution in [0.15, 0.2) is 29.5 Å². The van der Waals surface area contributed by atoms with Gasteiger partial charge in [-0.05, 0) is 38.2 Å². The van der Waals surface area contributed by atoms with Crippen molar-refractivity contribution in [2.45, 2.75) is 25.9 Å². The minimum absolute atomic E-state index is 0.0106. The smallest absolute Gasteiger partial charge is 0.338 e. The summed E-state index contributed by atoms with van der Waals surface area (Å²) in [5.41, 5.74) is 0.238. The highest BCUT2D eigenvalue weighted by atomic mass is 32.1. The molecule has 0 amide bonds. The van der Waals surface area contributed by atoms with Crippen LogP contribution in [0.5, 0.6) is 0 Å². The van der Waals surface area contributed by atoms with E-state index in [0.29, 0.717) is 12.3 Å². The summed E-state index contributed by atoms with van der Waals surface area (Å²) in [5, 5.41) is 3.13. The first-order valence-corrected chi connectivity index (χ1v) is 9.13. The number of carbonyl (C=O) groups excluding carboxylic acids is 1. The van der Waals surface area contributed by atoms with Crippen LogP contribution in [0.2, 0.25) is 0 Å². The molecule has 1 aliphatic rings. The molecule has 1 N–H and O–H groups in total. The van der Waals surface area contributed by atoms with Crippen molar-refractivity contribution in [2.75, 3.05) is 34.0 Å². The first-order chi connectivity index (χ1) is 13.3. The number of hydrogen-bond acceptors (Lipinski definition) is 5. The molecule has 0 saturated heterocycles. The van der Waals surface area contributed by atoms with Crippen molar-refractivity contribution < 1.29 is 27.8 Å². The summed E-state index contributed by atoms with van der Waals surface area (Å²) in [6.45, 7) is 4.07. The molecular formula is C19H24F2N2O4S. The SMILES string of the molecule is COCCOC(=O)C1=C(C)N([C@H](C)COC)C(=S)N[C@@H]1c1c(F)cccc1F. The average Bonchev–Trinajstić information content (AvgIpc) is 2.61. The van der Waals surface area contributed by atoms with Crippen molar-refractivity contribution >= 4 is 23.3 Å². The van der Waals surface area contributed by atoms with Gasteiger partial charge in [0.1, 0.15) is 18.2 Å². The van der Waals surface area contributed by atoms with Crippen molar-refractivity contribution in [1.29, 1.82) is 0 Å². The van der Waals surface area contributed by atoms with Gasteiger partial charge in [0.05, 0.1) is 36.4 Å². The molecule has 0 bridgehead atoms. The number of halogens is 2. The van der Waals surface area contributed by atoms with E-state index in [1.807, 2.05) is 6.92 Å². The van der Waals surface area contributed by atoms with Crippen LogP contribution >= 0.6 is 12.2 Å². The third kappa shape index (κ3) is 4.65. The minimum Gasteiger partial charge on any atom is -0.460 e. The third-order valence-corrected chi connectivity index (χ3v) is 4.72. The van der Waals surface area contributed by atoms with E-state index >= 15 is 0 Å². The van der Waals surface area contributed by atoms with Crippen molar-refractivity contribution in [3.8, 4) is 0 Å². The average molecular weight is 414 g/mol. The normalized spacial score (nSPS) is 18.1. The fourth-order valence-electron chi connectivity index (χ4n) is 3.17. The third-order valence-electron chi connectivity index (χ3n) is 4.40. The van der Waals surface area contributed by atoms with E-state index in [0.717, 1.165) is 12.1 Å². The molecule has 0 saturated carbocycles. The fourth-order valence-corrected chi connectivity index (χ4v) is 3.60. The molecule has 1 aliphatic heterocycles. The lowest BCUT2D eigenvalue weighted by molar-refractivity contribution is -0.140. The summed E-state index contributed by atoms with van der Waals surface area (Å²) in [5.74, 6) is -2.27. The number of esters is 1. The molecule has 154 valence electrons. The lowest BCUT2D eigenvalue weighted by atomic mass is 9.93. The molecule has 2 atom stereocenters. The lowest BCUT2D eigenvalue weighted by Crippen LogP contribution is -2.52. The number of nitrogens with one attached hydrogen (secondary N) is 1. The van der Waals surface area contributed by atoms with Gasteiger partial charge in [-0.2, -0.15) is 0 Å². The van der Waals surface area contributed by atoms with Crippen molar-refractivity contribution in [1.82, 2.24) is 10.2 Å². The van der Waals surface area contributed by atoms with Crippen LogP contribution in [0, 0.1) is 11.6 Å².